The molecule has 0 fully saturated rings. The number of carbonyl (C=O) groups excluding carboxylic acids is 4. The lowest BCUT2D eigenvalue weighted by molar-refractivity contribution is -0.144. The van der Waals surface area contributed by atoms with Crippen LogP contribution in [0.5, 0.6) is 0 Å². The van der Waals surface area contributed by atoms with Crippen LogP contribution in [0.3, 0.4) is 0 Å². The lowest BCUT2D eigenvalue weighted by atomic mass is 10.0. The van der Waals surface area contributed by atoms with Crippen molar-refractivity contribution in [1.82, 2.24) is 16.0 Å². The number of carbonyl (C=O) groups is 5. The number of hydrogen-bond acceptors (Lipinski definition) is 7. The predicted octanol–water partition coefficient (Wildman–Crippen LogP) is -1.99. The Hall–Kier alpha value is -3.51. The van der Waals surface area contributed by atoms with Gasteiger partial charge < -0.3 is 37.6 Å². The third-order valence-corrected chi connectivity index (χ3v) is 4.97. The SMILES string of the molecule is CC(C)C(NC(=O)C(NC(=O)C(Cc1ccccc1)NC(=O)C(N)CC(N)=O)C(C)O)C(=O)O. The van der Waals surface area contributed by atoms with Gasteiger partial charge in [-0.1, -0.05) is 44.2 Å². The van der Waals surface area contributed by atoms with E-state index in [1.165, 1.54) is 6.92 Å². The maximum atomic E-state index is 13.0. The number of aliphatic hydroxyl groups excluding tert-OH is 1. The van der Waals surface area contributed by atoms with Crippen molar-refractivity contribution in [3.63, 3.8) is 0 Å². The Morgan fingerprint density at radius 3 is 1.91 bits per heavy atom. The Morgan fingerprint density at radius 1 is 0.882 bits per heavy atom. The van der Waals surface area contributed by atoms with Crippen molar-refractivity contribution in [1.29, 1.82) is 0 Å². The third-order valence-electron chi connectivity index (χ3n) is 4.97. The number of amides is 4. The van der Waals surface area contributed by atoms with E-state index in [-0.39, 0.29) is 6.42 Å². The summed E-state index contributed by atoms with van der Waals surface area (Å²) in [7, 11) is 0. The summed E-state index contributed by atoms with van der Waals surface area (Å²) in [5, 5.41) is 26.5. The Kier molecular flexibility index (Phi) is 11.1. The van der Waals surface area contributed by atoms with E-state index >= 15 is 0 Å². The van der Waals surface area contributed by atoms with Crippen LogP contribution in [0.2, 0.25) is 0 Å². The van der Waals surface area contributed by atoms with E-state index in [1.54, 1.807) is 44.2 Å². The van der Waals surface area contributed by atoms with E-state index in [0.29, 0.717) is 5.56 Å². The first-order valence-corrected chi connectivity index (χ1v) is 10.7. The number of aliphatic hydroxyl groups is 1. The molecule has 9 N–H and O–H groups in total. The van der Waals surface area contributed by atoms with Crippen LogP contribution in [0.1, 0.15) is 32.8 Å². The molecule has 0 radical (unpaired) electrons. The molecule has 0 aliphatic carbocycles. The van der Waals surface area contributed by atoms with Crippen molar-refractivity contribution in [3.8, 4) is 0 Å². The van der Waals surface area contributed by atoms with Gasteiger partial charge in [0.2, 0.25) is 23.6 Å². The Morgan fingerprint density at radius 2 is 1.44 bits per heavy atom. The largest absolute Gasteiger partial charge is 0.480 e. The molecule has 0 spiro atoms. The molecule has 5 atom stereocenters. The summed E-state index contributed by atoms with van der Waals surface area (Å²) in [6.07, 6.45) is -1.80. The second kappa shape index (κ2) is 13.3. The minimum atomic E-state index is -1.50. The first kappa shape index (κ1) is 28.5. The number of hydrogen-bond donors (Lipinski definition) is 7. The minimum Gasteiger partial charge on any atom is -0.480 e. The molecule has 0 aromatic heterocycles. The van der Waals surface area contributed by atoms with Crippen LogP contribution in [0, 0.1) is 5.92 Å². The van der Waals surface area contributed by atoms with Gasteiger partial charge in [-0.2, -0.15) is 0 Å². The molecule has 0 aliphatic rings. The zero-order valence-electron chi connectivity index (χ0n) is 19.4. The van der Waals surface area contributed by atoms with Gasteiger partial charge in [0.05, 0.1) is 18.6 Å². The molecule has 1 aromatic rings. The highest BCUT2D eigenvalue weighted by atomic mass is 16.4. The van der Waals surface area contributed by atoms with E-state index in [9.17, 15) is 34.2 Å². The Balaban J connectivity index is 3.08. The number of benzene rings is 1. The smallest absolute Gasteiger partial charge is 0.326 e. The molecule has 0 heterocycles. The zero-order valence-corrected chi connectivity index (χ0v) is 19.4. The third kappa shape index (κ3) is 9.16. The van der Waals surface area contributed by atoms with Gasteiger partial charge in [-0.25, -0.2) is 4.79 Å². The van der Waals surface area contributed by atoms with Crippen molar-refractivity contribution in [2.45, 2.75) is 63.9 Å². The van der Waals surface area contributed by atoms with E-state index in [2.05, 4.69) is 16.0 Å². The van der Waals surface area contributed by atoms with Gasteiger partial charge in [0, 0.05) is 6.42 Å². The second-order valence-electron chi connectivity index (χ2n) is 8.32. The summed E-state index contributed by atoms with van der Waals surface area (Å²) in [6, 6.07) is 3.42. The lowest BCUT2D eigenvalue weighted by Gasteiger charge is -2.27. The zero-order chi connectivity index (χ0) is 26.0. The van der Waals surface area contributed by atoms with E-state index in [1.807, 2.05) is 0 Å². The monoisotopic (exact) mass is 479 g/mol. The maximum Gasteiger partial charge on any atom is 0.326 e. The number of primary amides is 1. The summed E-state index contributed by atoms with van der Waals surface area (Å²) < 4.78 is 0. The van der Waals surface area contributed by atoms with Crippen molar-refractivity contribution in [3.05, 3.63) is 35.9 Å². The van der Waals surface area contributed by atoms with Crippen molar-refractivity contribution in [2.75, 3.05) is 0 Å². The standard InChI is InChI=1S/C22H33N5O7/c1-11(2)17(22(33)34)26-21(32)18(12(3)28)27-20(31)15(9-13-7-5-4-6-8-13)25-19(30)14(23)10-16(24)29/h4-8,11-12,14-15,17-18,28H,9-10,23H2,1-3H3,(H2,24,29)(H,25,30)(H,26,32)(H,27,31)(H,33,34). The highest BCUT2D eigenvalue weighted by molar-refractivity contribution is 5.95. The topological polar surface area (TPSA) is 214 Å². The number of carboxylic acid groups (broad SMARTS) is 1. The Bertz CT molecular complexity index is 876. The van der Waals surface area contributed by atoms with Crippen molar-refractivity contribution in [2.24, 2.45) is 17.4 Å². The molecule has 12 nitrogen and oxygen atoms in total. The van der Waals surface area contributed by atoms with Crippen LogP contribution < -0.4 is 27.4 Å². The van der Waals surface area contributed by atoms with E-state index in [4.69, 9.17) is 11.5 Å². The van der Waals surface area contributed by atoms with Gasteiger partial charge in [-0.3, -0.25) is 19.2 Å². The molecule has 5 unspecified atom stereocenters. The first-order chi connectivity index (χ1) is 15.8. The highest BCUT2D eigenvalue weighted by Gasteiger charge is 2.33. The van der Waals surface area contributed by atoms with Crippen LogP contribution in [-0.4, -0.2) is 70.1 Å². The van der Waals surface area contributed by atoms with Crippen LogP contribution in [0.4, 0.5) is 0 Å². The fourth-order valence-corrected chi connectivity index (χ4v) is 3.06. The summed E-state index contributed by atoms with van der Waals surface area (Å²) in [6.45, 7) is 4.44. The van der Waals surface area contributed by atoms with Crippen LogP contribution in [0.15, 0.2) is 30.3 Å². The highest BCUT2D eigenvalue weighted by Crippen LogP contribution is 2.07. The average molecular weight is 480 g/mol. The number of nitrogens with two attached hydrogens (primary N) is 2. The fourth-order valence-electron chi connectivity index (χ4n) is 3.06. The van der Waals surface area contributed by atoms with Gasteiger partial charge in [0.15, 0.2) is 0 Å². The van der Waals surface area contributed by atoms with Crippen LogP contribution in [-0.2, 0) is 30.4 Å². The van der Waals surface area contributed by atoms with Crippen LogP contribution >= 0.6 is 0 Å². The van der Waals surface area contributed by atoms with Crippen molar-refractivity contribution < 1.29 is 34.2 Å². The molecular weight excluding hydrogens is 446 g/mol. The molecule has 188 valence electrons. The molecular formula is C22H33N5O7. The van der Waals surface area contributed by atoms with Crippen molar-refractivity contribution >= 4 is 29.6 Å². The molecule has 1 aromatic carbocycles. The normalized spacial score (nSPS) is 15.4. The molecule has 0 saturated heterocycles. The Labute approximate surface area is 197 Å². The number of rotatable bonds is 13. The van der Waals surface area contributed by atoms with E-state index < -0.39 is 72.2 Å². The molecule has 12 heteroatoms. The van der Waals surface area contributed by atoms with Gasteiger partial charge >= 0.3 is 5.97 Å². The lowest BCUT2D eigenvalue weighted by Crippen LogP contribution is -2.60. The van der Waals surface area contributed by atoms with E-state index in [0.717, 1.165) is 0 Å². The summed E-state index contributed by atoms with van der Waals surface area (Å²) in [4.78, 5) is 60.6. The number of aliphatic carboxylic acids is 1. The minimum absolute atomic E-state index is 0.0135. The van der Waals surface area contributed by atoms with Gasteiger partial charge in [0.25, 0.3) is 0 Å². The summed E-state index contributed by atoms with van der Waals surface area (Å²) >= 11 is 0. The van der Waals surface area contributed by atoms with Gasteiger partial charge in [-0.15, -0.1) is 0 Å². The summed E-state index contributed by atoms with van der Waals surface area (Å²) in [5.41, 5.74) is 11.4. The number of nitrogens with one attached hydrogen (secondary N) is 3. The fraction of sp³-hybridized carbons (Fsp3) is 0.500. The molecule has 1 rings (SSSR count). The molecule has 0 aliphatic heterocycles. The molecule has 0 bridgehead atoms. The maximum absolute atomic E-state index is 13.0. The van der Waals surface area contributed by atoms with Crippen LogP contribution in [0.25, 0.3) is 0 Å². The molecule has 4 amide bonds. The summed E-state index contributed by atoms with van der Waals surface area (Å²) in [5.74, 6) is -5.05. The second-order valence-corrected chi connectivity index (χ2v) is 8.32. The average Bonchev–Trinajstić information content (AvgIpc) is 2.74. The molecule has 0 saturated carbocycles. The predicted molar refractivity (Wildman–Crippen MR) is 122 cm³/mol. The molecule has 34 heavy (non-hydrogen) atoms. The van der Waals surface area contributed by atoms with Gasteiger partial charge in [0.1, 0.15) is 18.1 Å². The quantitative estimate of drug-likeness (QED) is 0.168. The first-order valence-electron chi connectivity index (χ1n) is 10.7. The van der Waals surface area contributed by atoms with Gasteiger partial charge in [-0.05, 0) is 18.4 Å². The number of carboxylic acids is 1.